The third kappa shape index (κ3) is 1.66. The van der Waals surface area contributed by atoms with Gasteiger partial charge >= 0.3 is 0 Å². The van der Waals surface area contributed by atoms with Crippen LogP contribution in [-0.4, -0.2) is 23.8 Å². The fourth-order valence-electron chi connectivity index (χ4n) is 0.676. The molecule has 11 heavy (non-hydrogen) atoms. The van der Waals surface area contributed by atoms with Crippen molar-refractivity contribution in [3.05, 3.63) is 5.89 Å². The highest BCUT2D eigenvalue weighted by Gasteiger charge is 2.15. The number of rotatable bonds is 3. The van der Waals surface area contributed by atoms with Crippen LogP contribution in [0.5, 0.6) is 0 Å². The van der Waals surface area contributed by atoms with Crippen LogP contribution in [0.3, 0.4) is 0 Å². The minimum atomic E-state index is -0.361. The fourth-order valence-corrected chi connectivity index (χ4v) is 0.676. The van der Waals surface area contributed by atoms with Crippen LogP contribution in [0, 0.1) is 0 Å². The van der Waals surface area contributed by atoms with E-state index in [1.165, 1.54) is 7.11 Å². The maximum Gasteiger partial charge on any atom is 0.260 e. The molecule has 1 rings (SSSR count). The summed E-state index contributed by atoms with van der Waals surface area (Å²) in [5.74, 6) is 0.406. The summed E-state index contributed by atoms with van der Waals surface area (Å²) >= 11 is 0. The first-order chi connectivity index (χ1) is 5.27. The topological polar surface area (TPSA) is 100 Å². The number of nitrogens with zero attached hydrogens (tertiary/aromatic N) is 2. The number of hydrogen-bond donors (Lipinski definition) is 2. The van der Waals surface area contributed by atoms with Crippen LogP contribution in [-0.2, 0) is 4.74 Å². The molecular weight excluding hydrogens is 148 g/mol. The van der Waals surface area contributed by atoms with Gasteiger partial charge in [0.25, 0.3) is 11.8 Å². The molecule has 1 unspecified atom stereocenters. The number of methoxy groups -OCH3 is 1. The van der Waals surface area contributed by atoms with Crippen molar-refractivity contribution in [3.63, 3.8) is 0 Å². The molecule has 0 aliphatic heterocycles. The first-order valence-electron chi connectivity index (χ1n) is 3.10. The molecule has 0 aromatic carbocycles. The van der Waals surface area contributed by atoms with Gasteiger partial charge in [0.2, 0.25) is 0 Å². The molecule has 6 heteroatoms. The Labute approximate surface area is 63.5 Å². The molecule has 6 nitrogen and oxygen atoms in total. The Morgan fingerprint density at radius 3 is 2.82 bits per heavy atom. The summed E-state index contributed by atoms with van der Waals surface area (Å²) in [5.41, 5.74) is 10.5. The van der Waals surface area contributed by atoms with Crippen LogP contribution in [0.4, 0.5) is 5.95 Å². The molecule has 0 spiro atoms. The van der Waals surface area contributed by atoms with Crippen molar-refractivity contribution >= 4 is 5.95 Å². The van der Waals surface area contributed by atoms with Gasteiger partial charge in [-0.15, -0.1) is 0 Å². The lowest BCUT2D eigenvalue weighted by molar-refractivity contribution is 0.0804. The van der Waals surface area contributed by atoms with Crippen LogP contribution in [0.1, 0.15) is 12.0 Å². The Kier molecular flexibility index (Phi) is 2.40. The van der Waals surface area contributed by atoms with E-state index >= 15 is 0 Å². The fraction of sp³-hybridized carbons (Fsp3) is 0.600. The lowest BCUT2D eigenvalue weighted by Crippen LogP contribution is -2.14. The zero-order valence-electron chi connectivity index (χ0n) is 6.15. The van der Waals surface area contributed by atoms with Gasteiger partial charge in [-0.25, -0.2) is 0 Å². The van der Waals surface area contributed by atoms with E-state index in [9.17, 15) is 0 Å². The molecule has 62 valence electrons. The highest BCUT2D eigenvalue weighted by Crippen LogP contribution is 2.12. The van der Waals surface area contributed by atoms with Crippen LogP contribution in [0.2, 0.25) is 0 Å². The van der Waals surface area contributed by atoms with Crippen molar-refractivity contribution in [2.45, 2.75) is 6.10 Å². The van der Waals surface area contributed by atoms with E-state index in [4.69, 9.17) is 20.7 Å². The minimum absolute atomic E-state index is 0.0931. The van der Waals surface area contributed by atoms with E-state index in [2.05, 4.69) is 10.1 Å². The highest BCUT2D eigenvalue weighted by atomic mass is 16.5. The van der Waals surface area contributed by atoms with E-state index in [0.29, 0.717) is 5.89 Å². The Balaban J connectivity index is 2.73. The number of aromatic nitrogens is 2. The summed E-state index contributed by atoms with van der Waals surface area (Å²) in [6.45, 7) is 0.290. The largest absolute Gasteiger partial charge is 0.370 e. The van der Waals surface area contributed by atoms with Crippen LogP contribution >= 0.6 is 0 Å². The van der Waals surface area contributed by atoms with E-state index < -0.39 is 0 Å². The Bertz CT molecular complexity index is 220. The summed E-state index contributed by atoms with van der Waals surface area (Å²) in [7, 11) is 1.51. The van der Waals surface area contributed by atoms with Crippen molar-refractivity contribution in [1.29, 1.82) is 0 Å². The second-order valence-electron chi connectivity index (χ2n) is 1.95. The minimum Gasteiger partial charge on any atom is -0.370 e. The molecule has 0 aliphatic carbocycles. The van der Waals surface area contributed by atoms with Gasteiger partial charge in [0.15, 0.2) is 0 Å². The van der Waals surface area contributed by atoms with Crippen molar-refractivity contribution in [1.82, 2.24) is 10.1 Å². The average Bonchev–Trinajstić information content (AvgIpc) is 2.39. The predicted octanol–water partition coefficient (Wildman–Crippen LogP) is -0.702. The maximum atomic E-state index is 5.33. The van der Waals surface area contributed by atoms with Gasteiger partial charge in [0, 0.05) is 13.7 Å². The zero-order valence-corrected chi connectivity index (χ0v) is 6.15. The van der Waals surface area contributed by atoms with Crippen molar-refractivity contribution in [2.75, 3.05) is 19.4 Å². The third-order valence-corrected chi connectivity index (χ3v) is 1.23. The van der Waals surface area contributed by atoms with Crippen molar-refractivity contribution < 1.29 is 9.26 Å². The Morgan fingerprint density at radius 1 is 1.73 bits per heavy atom. The molecule has 1 aromatic heterocycles. The second kappa shape index (κ2) is 3.31. The van der Waals surface area contributed by atoms with Gasteiger partial charge < -0.3 is 20.7 Å². The quantitative estimate of drug-likeness (QED) is 0.603. The molecule has 0 saturated carbocycles. The molecule has 0 bridgehead atoms. The maximum absolute atomic E-state index is 5.33. The number of nitrogen functional groups attached to an aromatic ring is 1. The lowest BCUT2D eigenvalue weighted by Gasteiger charge is -2.05. The average molecular weight is 158 g/mol. The van der Waals surface area contributed by atoms with Gasteiger partial charge in [-0.1, -0.05) is 0 Å². The van der Waals surface area contributed by atoms with Crippen molar-refractivity contribution in [3.8, 4) is 0 Å². The van der Waals surface area contributed by atoms with Gasteiger partial charge in [0.05, 0.1) is 0 Å². The lowest BCUT2D eigenvalue weighted by atomic mass is 10.3. The molecule has 0 saturated heterocycles. The standard InChI is InChI=1S/C5H10N4O2/c1-10-3(2-6)4-8-5(7)9-11-4/h3H,2,6H2,1H3,(H2,7,9). The first-order valence-corrected chi connectivity index (χ1v) is 3.10. The smallest absolute Gasteiger partial charge is 0.260 e. The highest BCUT2D eigenvalue weighted by molar-refractivity contribution is 5.11. The van der Waals surface area contributed by atoms with Gasteiger partial charge in [0.1, 0.15) is 6.10 Å². The molecular formula is C5H10N4O2. The Morgan fingerprint density at radius 2 is 2.45 bits per heavy atom. The van der Waals surface area contributed by atoms with E-state index in [1.54, 1.807) is 0 Å². The summed E-state index contributed by atoms with van der Waals surface area (Å²) in [4.78, 5) is 3.75. The summed E-state index contributed by atoms with van der Waals surface area (Å²) in [5, 5.41) is 3.39. The predicted molar refractivity (Wildman–Crippen MR) is 37.5 cm³/mol. The van der Waals surface area contributed by atoms with Crippen LogP contribution in [0.15, 0.2) is 4.52 Å². The normalized spacial score (nSPS) is 13.3. The molecule has 1 heterocycles. The van der Waals surface area contributed by atoms with Crippen LogP contribution in [0.25, 0.3) is 0 Å². The van der Waals surface area contributed by atoms with E-state index in [0.717, 1.165) is 0 Å². The zero-order chi connectivity index (χ0) is 8.27. The number of nitrogens with two attached hydrogens (primary N) is 2. The molecule has 0 aliphatic rings. The summed E-state index contributed by atoms with van der Waals surface area (Å²) < 4.78 is 9.64. The van der Waals surface area contributed by atoms with E-state index in [-0.39, 0.29) is 18.6 Å². The number of ether oxygens (including phenoxy) is 1. The molecule has 0 radical (unpaired) electrons. The molecule has 1 aromatic rings. The van der Waals surface area contributed by atoms with E-state index in [1.807, 2.05) is 0 Å². The Hall–Kier alpha value is -1.14. The molecule has 0 fully saturated rings. The van der Waals surface area contributed by atoms with Gasteiger partial charge in [-0.2, -0.15) is 4.98 Å². The molecule has 0 amide bonds. The SMILES string of the molecule is COC(CN)c1nc(N)no1. The summed E-state index contributed by atoms with van der Waals surface area (Å²) in [6, 6.07) is 0. The first kappa shape index (κ1) is 7.96. The second-order valence-corrected chi connectivity index (χ2v) is 1.95. The number of hydrogen-bond acceptors (Lipinski definition) is 6. The van der Waals surface area contributed by atoms with Crippen molar-refractivity contribution in [2.24, 2.45) is 5.73 Å². The monoisotopic (exact) mass is 158 g/mol. The molecule has 4 N–H and O–H groups in total. The van der Waals surface area contributed by atoms with Gasteiger partial charge in [-0.3, -0.25) is 0 Å². The summed E-state index contributed by atoms with van der Waals surface area (Å²) in [6.07, 6.45) is -0.361. The number of anilines is 1. The van der Waals surface area contributed by atoms with Gasteiger partial charge in [-0.05, 0) is 5.16 Å². The molecule has 1 atom stereocenters. The van der Waals surface area contributed by atoms with Crippen LogP contribution < -0.4 is 11.5 Å². The third-order valence-electron chi connectivity index (χ3n) is 1.23.